The molecule has 180 valence electrons. The van der Waals surface area contributed by atoms with Crippen molar-refractivity contribution in [2.24, 2.45) is 0 Å². The Morgan fingerprint density at radius 2 is 1.74 bits per heavy atom. The van der Waals surface area contributed by atoms with Gasteiger partial charge in [0, 0.05) is 30.9 Å². The van der Waals surface area contributed by atoms with Crippen molar-refractivity contribution in [3.05, 3.63) is 58.1 Å². The maximum absolute atomic E-state index is 12.8. The number of fused-ring (bicyclic) bond motifs is 1. The average molecular weight is 474 g/mol. The third-order valence-electron chi connectivity index (χ3n) is 6.87. The monoisotopic (exact) mass is 474 g/mol. The van der Waals surface area contributed by atoms with Crippen LogP contribution in [0.5, 0.6) is 5.75 Å². The highest BCUT2D eigenvalue weighted by Crippen LogP contribution is 2.35. The van der Waals surface area contributed by atoms with E-state index >= 15 is 0 Å². The molecule has 1 N–H and O–H groups in total. The van der Waals surface area contributed by atoms with Gasteiger partial charge in [-0.3, -0.25) is 14.3 Å². The van der Waals surface area contributed by atoms with Gasteiger partial charge < -0.3 is 9.64 Å². The number of hydrogen-bond acceptors (Lipinski definition) is 4. The van der Waals surface area contributed by atoms with Crippen molar-refractivity contribution in [3.63, 3.8) is 0 Å². The van der Waals surface area contributed by atoms with Gasteiger partial charge in [0.25, 0.3) is 5.91 Å². The number of alkyl halides is 3. The van der Waals surface area contributed by atoms with Gasteiger partial charge in [0.15, 0.2) is 5.65 Å². The highest BCUT2D eigenvalue weighted by Gasteiger charge is 2.31. The number of imidazole rings is 1. The molecule has 2 aliphatic rings. The number of nitrogens with one attached hydrogen (secondary N) is 1. The number of aromatic amines is 1. The summed E-state index contributed by atoms with van der Waals surface area (Å²) in [5.41, 5.74) is 2.65. The smallest absolute Gasteiger partial charge is 0.406 e. The van der Waals surface area contributed by atoms with Crippen molar-refractivity contribution in [3.8, 4) is 5.75 Å². The quantitative estimate of drug-likeness (QED) is 0.592. The zero-order valence-electron chi connectivity index (χ0n) is 18.5. The fraction of sp³-hybridized carbons (Fsp3) is 0.458. The van der Waals surface area contributed by atoms with Gasteiger partial charge in [0.05, 0.1) is 5.52 Å². The van der Waals surface area contributed by atoms with E-state index in [1.807, 2.05) is 6.20 Å². The van der Waals surface area contributed by atoms with Crippen molar-refractivity contribution in [1.29, 1.82) is 0 Å². The van der Waals surface area contributed by atoms with Crippen LogP contribution in [0, 0.1) is 0 Å². The Hall–Kier alpha value is -3.30. The van der Waals surface area contributed by atoms with Gasteiger partial charge in [-0.1, -0.05) is 12.8 Å². The average Bonchev–Trinajstić information content (AvgIpc) is 3.45. The molecule has 2 fully saturated rings. The Kier molecular flexibility index (Phi) is 5.83. The van der Waals surface area contributed by atoms with Crippen molar-refractivity contribution < 1.29 is 22.7 Å². The van der Waals surface area contributed by atoms with Crippen LogP contribution in [0.3, 0.4) is 0 Å². The molecule has 3 aromatic rings. The van der Waals surface area contributed by atoms with Crippen molar-refractivity contribution in [2.75, 3.05) is 13.1 Å². The number of carbonyl (C=O) groups excluding carboxylic acids is 1. The zero-order chi connectivity index (χ0) is 23.9. The number of likely N-dealkylation sites (tertiary alicyclic amines) is 1. The molecule has 7 nitrogen and oxygen atoms in total. The first-order valence-electron chi connectivity index (χ1n) is 11.5. The molecule has 1 aromatic carbocycles. The summed E-state index contributed by atoms with van der Waals surface area (Å²) in [6.45, 7) is 0.887. The normalized spacial score (nSPS) is 18.0. The third-order valence-corrected chi connectivity index (χ3v) is 6.87. The van der Waals surface area contributed by atoms with E-state index in [0.717, 1.165) is 30.5 Å². The molecule has 1 saturated heterocycles. The lowest BCUT2D eigenvalue weighted by atomic mass is 9.99. The van der Waals surface area contributed by atoms with E-state index in [4.69, 9.17) is 0 Å². The molecule has 1 amide bonds. The van der Waals surface area contributed by atoms with Crippen LogP contribution in [-0.2, 0) is 0 Å². The number of piperidine rings is 1. The summed E-state index contributed by atoms with van der Waals surface area (Å²) < 4.78 is 42.7. The van der Waals surface area contributed by atoms with Gasteiger partial charge in [0.1, 0.15) is 5.75 Å². The zero-order valence-corrected chi connectivity index (χ0v) is 18.5. The minimum Gasteiger partial charge on any atom is -0.406 e. The Morgan fingerprint density at radius 3 is 2.38 bits per heavy atom. The second kappa shape index (κ2) is 8.81. The molecule has 2 aromatic heterocycles. The van der Waals surface area contributed by atoms with Gasteiger partial charge in [-0.05, 0) is 67.5 Å². The first kappa shape index (κ1) is 22.5. The lowest BCUT2D eigenvalue weighted by molar-refractivity contribution is -0.274. The van der Waals surface area contributed by atoms with Crippen LogP contribution in [0.15, 0.2) is 41.3 Å². The Labute approximate surface area is 193 Å². The number of amides is 1. The van der Waals surface area contributed by atoms with Crippen LogP contribution in [0.1, 0.15) is 66.4 Å². The maximum Gasteiger partial charge on any atom is 0.573 e. The summed E-state index contributed by atoms with van der Waals surface area (Å²) in [4.78, 5) is 34.6. The molecule has 1 aliphatic heterocycles. The standard InChI is InChI=1S/C24H25F3N4O3/c25-24(26,27)34-19-7-5-16(6-8-19)22(32)30-11-9-18(10-12-30)31-20-13-17(15-3-1-2-4-15)14-28-21(20)29-23(31)33/h5-8,13-15,18H,1-4,9-12H2,(H,28,29,33). The fourth-order valence-electron chi connectivity index (χ4n) is 5.17. The number of hydrogen-bond donors (Lipinski definition) is 1. The summed E-state index contributed by atoms with van der Waals surface area (Å²) in [5, 5.41) is 0. The molecule has 34 heavy (non-hydrogen) atoms. The van der Waals surface area contributed by atoms with Crippen LogP contribution in [-0.4, -0.2) is 44.8 Å². The molecule has 0 unspecified atom stereocenters. The molecule has 1 saturated carbocycles. The molecular formula is C24H25F3N4O3. The lowest BCUT2D eigenvalue weighted by Crippen LogP contribution is -2.40. The summed E-state index contributed by atoms with van der Waals surface area (Å²) in [7, 11) is 0. The second-order valence-corrected chi connectivity index (χ2v) is 9.01. The summed E-state index contributed by atoms with van der Waals surface area (Å²) in [6, 6.07) is 6.94. The van der Waals surface area contributed by atoms with Crippen molar-refractivity contribution in [2.45, 2.75) is 56.8 Å². The second-order valence-electron chi connectivity index (χ2n) is 9.01. The predicted octanol–water partition coefficient (Wildman–Crippen LogP) is 4.76. The maximum atomic E-state index is 12.8. The van der Waals surface area contributed by atoms with Crippen LogP contribution < -0.4 is 10.4 Å². The Bertz CT molecular complexity index is 1240. The number of halogens is 3. The third kappa shape index (κ3) is 4.53. The number of pyridine rings is 1. The van der Waals surface area contributed by atoms with Gasteiger partial charge in [0.2, 0.25) is 0 Å². The minimum atomic E-state index is -4.78. The van der Waals surface area contributed by atoms with E-state index in [0.29, 0.717) is 43.1 Å². The van der Waals surface area contributed by atoms with Crippen LogP contribution in [0.2, 0.25) is 0 Å². The number of rotatable bonds is 4. The Balaban J connectivity index is 1.28. The molecule has 0 atom stereocenters. The van der Waals surface area contributed by atoms with E-state index in [1.165, 1.54) is 30.5 Å². The van der Waals surface area contributed by atoms with Crippen LogP contribution in [0.4, 0.5) is 13.2 Å². The summed E-state index contributed by atoms with van der Waals surface area (Å²) in [6.07, 6.45) is 3.01. The van der Waals surface area contributed by atoms with Gasteiger partial charge in [-0.25, -0.2) is 9.78 Å². The number of H-pyrrole nitrogens is 1. The van der Waals surface area contributed by atoms with Crippen molar-refractivity contribution >= 4 is 17.1 Å². The SMILES string of the molecule is O=C(c1ccc(OC(F)(F)F)cc1)N1CCC(n2c(=O)[nH]c3ncc(C4CCCC4)cc32)CC1. The first-order chi connectivity index (χ1) is 16.3. The van der Waals surface area contributed by atoms with E-state index in [9.17, 15) is 22.8 Å². The molecular weight excluding hydrogens is 449 g/mol. The van der Waals surface area contributed by atoms with Gasteiger partial charge in [-0.2, -0.15) is 0 Å². The number of nitrogens with zero attached hydrogens (tertiary/aromatic N) is 3. The largest absolute Gasteiger partial charge is 0.573 e. The van der Waals surface area contributed by atoms with E-state index in [1.54, 1.807) is 9.47 Å². The van der Waals surface area contributed by atoms with Gasteiger partial charge >= 0.3 is 12.1 Å². The molecule has 0 spiro atoms. The molecule has 1 aliphatic carbocycles. The fourth-order valence-corrected chi connectivity index (χ4v) is 5.17. The molecule has 5 rings (SSSR count). The van der Waals surface area contributed by atoms with E-state index in [-0.39, 0.29) is 23.4 Å². The molecule has 3 heterocycles. The summed E-state index contributed by atoms with van der Waals surface area (Å²) >= 11 is 0. The highest BCUT2D eigenvalue weighted by atomic mass is 19.4. The highest BCUT2D eigenvalue weighted by molar-refractivity contribution is 5.94. The van der Waals surface area contributed by atoms with E-state index in [2.05, 4.69) is 20.8 Å². The van der Waals surface area contributed by atoms with E-state index < -0.39 is 6.36 Å². The van der Waals surface area contributed by atoms with Crippen LogP contribution in [0.25, 0.3) is 11.2 Å². The molecule has 0 radical (unpaired) electrons. The lowest BCUT2D eigenvalue weighted by Gasteiger charge is -2.32. The summed E-state index contributed by atoms with van der Waals surface area (Å²) in [5.74, 6) is -0.136. The minimum absolute atomic E-state index is 0.0616. The predicted molar refractivity (Wildman–Crippen MR) is 119 cm³/mol. The Morgan fingerprint density at radius 1 is 1.06 bits per heavy atom. The number of benzene rings is 1. The first-order valence-corrected chi connectivity index (χ1v) is 11.5. The molecule has 0 bridgehead atoms. The topological polar surface area (TPSA) is 80.2 Å². The molecule has 10 heteroatoms. The number of aromatic nitrogens is 3. The van der Waals surface area contributed by atoms with Crippen molar-refractivity contribution in [1.82, 2.24) is 19.4 Å². The van der Waals surface area contributed by atoms with Crippen LogP contribution >= 0.6 is 0 Å². The number of carbonyl (C=O) groups is 1. The van der Waals surface area contributed by atoms with Gasteiger partial charge in [-0.15, -0.1) is 13.2 Å². The number of ether oxygens (including phenoxy) is 1.